The van der Waals surface area contributed by atoms with Crippen LogP contribution >= 0.6 is 0 Å². The molecule has 116 valence electrons. The molecule has 1 amide bonds. The van der Waals surface area contributed by atoms with Crippen molar-refractivity contribution in [2.75, 3.05) is 13.1 Å². The Kier molecular flexibility index (Phi) is 4.18. The van der Waals surface area contributed by atoms with Crippen LogP contribution in [0.25, 0.3) is 0 Å². The monoisotopic (exact) mass is 298 g/mol. The molecule has 6 heteroatoms. The van der Waals surface area contributed by atoms with Gasteiger partial charge in [0.1, 0.15) is 11.6 Å². The quantitative estimate of drug-likeness (QED) is 0.883. The second-order valence-electron chi connectivity index (χ2n) is 6.32. The van der Waals surface area contributed by atoms with Gasteiger partial charge in [-0.2, -0.15) is 0 Å². The summed E-state index contributed by atoms with van der Waals surface area (Å²) in [5, 5.41) is 12.6. The molecule has 1 heterocycles. The second-order valence-corrected chi connectivity index (χ2v) is 6.32. The van der Waals surface area contributed by atoms with Crippen molar-refractivity contribution in [2.24, 2.45) is 0 Å². The number of amides is 1. The first-order valence-corrected chi connectivity index (χ1v) is 6.89. The van der Waals surface area contributed by atoms with Crippen molar-refractivity contribution in [3.8, 4) is 0 Å². The molecule has 1 saturated heterocycles. The van der Waals surface area contributed by atoms with E-state index in [1.54, 1.807) is 20.8 Å². The fourth-order valence-corrected chi connectivity index (χ4v) is 2.98. The number of hydrogen-bond donors (Lipinski definition) is 2. The summed E-state index contributed by atoms with van der Waals surface area (Å²) in [7, 11) is 0. The number of carbonyl (C=O) groups is 1. The molecule has 1 aliphatic heterocycles. The van der Waals surface area contributed by atoms with Gasteiger partial charge >= 0.3 is 6.09 Å². The normalized spacial score (nSPS) is 22.3. The predicted octanol–water partition coefficient (Wildman–Crippen LogP) is 2.80. The van der Waals surface area contributed by atoms with Gasteiger partial charge in [0.15, 0.2) is 0 Å². The van der Waals surface area contributed by atoms with Crippen molar-refractivity contribution < 1.29 is 18.7 Å². The van der Waals surface area contributed by atoms with Crippen LogP contribution in [0.3, 0.4) is 0 Å². The van der Waals surface area contributed by atoms with Gasteiger partial charge in [0.25, 0.3) is 0 Å². The van der Waals surface area contributed by atoms with Crippen molar-refractivity contribution >= 4 is 6.09 Å². The molecule has 4 nitrogen and oxygen atoms in total. The number of rotatable bonds is 2. The Labute approximate surface area is 122 Å². The lowest BCUT2D eigenvalue weighted by atomic mass is 9.90. The first-order chi connectivity index (χ1) is 9.71. The van der Waals surface area contributed by atoms with Gasteiger partial charge < -0.3 is 10.4 Å². The van der Waals surface area contributed by atoms with Gasteiger partial charge in [0.2, 0.25) is 0 Å². The summed E-state index contributed by atoms with van der Waals surface area (Å²) in [4.78, 5) is 12.9. The molecule has 1 aliphatic rings. The van der Waals surface area contributed by atoms with E-state index in [1.165, 1.54) is 17.0 Å². The molecule has 1 aromatic rings. The van der Waals surface area contributed by atoms with E-state index in [9.17, 15) is 18.7 Å². The third-order valence-electron chi connectivity index (χ3n) is 3.80. The van der Waals surface area contributed by atoms with Crippen LogP contribution < -0.4 is 5.32 Å². The fourth-order valence-electron chi connectivity index (χ4n) is 2.98. The average molecular weight is 298 g/mol. The van der Waals surface area contributed by atoms with Crippen LogP contribution in [0.4, 0.5) is 13.6 Å². The van der Waals surface area contributed by atoms with Crippen molar-refractivity contribution in [3.05, 3.63) is 35.4 Å². The molecule has 0 bridgehead atoms. The molecule has 0 radical (unpaired) electrons. The lowest BCUT2D eigenvalue weighted by Gasteiger charge is -2.40. The molecule has 0 aliphatic carbocycles. The Morgan fingerprint density at radius 2 is 2.00 bits per heavy atom. The fraction of sp³-hybridized carbons (Fsp3) is 0.533. The lowest BCUT2D eigenvalue weighted by molar-refractivity contribution is 0.0704. The summed E-state index contributed by atoms with van der Waals surface area (Å²) in [5.74, 6) is -1.60. The Morgan fingerprint density at radius 1 is 1.33 bits per heavy atom. The minimum Gasteiger partial charge on any atom is -0.465 e. The summed E-state index contributed by atoms with van der Waals surface area (Å²) in [6.07, 6.45) is -1.04. The van der Waals surface area contributed by atoms with E-state index in [2.05, 4.69) is 5.32 Å². The molecule has 2 atom stereocenters. The Hall–Kier alpha value is -1.69. The molecule has 0 aromatic heterocycles. The average Bonchev–Trinajstić information content (AvgIpc) is 2.75. The highest BCUT2D eigenvalue weighted by Crippen LogP contribution is 2.32. The van der Waals surface area contributed by atoms with Crippen LogP contribution in [0.2, 0.25) is 0 Å². The van der Waals surface area contributed by atoms with Crippen molar-refractivity contribution in [2.45, 2.75) is 38.3 Å². The highest BCUT2D eigenvalue weighted by molar-refractivity contribution is 5.67. The topological polar surface area (TPSA) is 52.6 Å². The summed E-state index contributed by atoms with van der Waals surface area (Å²) in [6, 6.07) is 3.06. The van der Waals surface area contributed by atoms with E-state index in [1.807, 2.05) is 0 Å². The molecular weight excluding hydrogens is 278 g/mol. The molecule has 1 aromatic carbocycles. The lowest BCUT2D eigenvalue weighted by Crippen LogP contribution is -2.53. The van der Waals surface area contributed by atoms with Crippen molar-refractivity contribution in [1.82, 2.24) is 10.2 Å². The molecule has 0 unspecified atom stereocenters. The molecule has 0 spiro atoms. The number of carboxylic acid groups (broad SMARTS) is 1. The van der Waals surface area contributed by atoms with E-state index < -0.39 is 23.3 Å². The Balaban J connectivity index is 2.37. The third kappa shape index (κ3) is 3.15. The zero-order chi connectivity index (χ0) is 15.8. The number of nitrogens with one attached hydrogen (secondary N) is 1. The molecule has 1 fully saturated rings. The SMILES string of the molecule is CC(C)(C)N(C(=O)O)[C@@H]1CNC[C@H]1c1ccc(F)cc1F. The molecule has 2 N–H and O–H groups in total. The predicted molar refractivity (Wildman–Crippen MR) is 75.4 cm³/mol. The standard InChI is InChI=1S/C15H20F2N2O2/c1-15(2,3)19(14(20)21)13-8-18-7-11(13)10-5-4-9(16)6-12(10)17/h4-6,11,13,18H,7-8H2,1-3H3,(H,20,21)/t11-,13+/m0/s1. The van der Waals surface area contributed by atoms with E-state index in [0.717, 1.165) is 6.07 Å². The molecule has 2 rings (SSSR count). The van der Waals surface area contributed by atoms with Crippen LogP contribution in [-0.2, 0) is 0 Å². The highest BCUT2D eigenvalue weighted by Gasteiger charge is 2.41. The van der Waals surface area contributed by atoms with Crippen LogP contribution in [-0.4, -0.2) is 40.8 Å². The first-order valence-electron chi connectivity index (χ1n) is 6.89. The van der Waals surface area contributed by atoms with E-state index >= 15 is 0 Å². The zero-order valence-electron chi connectivity index (χ0n) is 12.4. The van der Waals surface area contributed by atoms with Gasteiger partial charge in [-0.3, -0.25) is 4.90 Å². The minimum absolute atomic E-state index is 0.332. The third-order valence-corrected chi connectivity index (χ3v) is 3.80. The van der Waals surface area contributed by atoms with Gasteiger partial charge in [0.05, 0.1) is 6.04 Å². The van der Waals surface area contributed by atoms with Gasteiger partial charge in [-0.25, -0.2) is 13.6 Å². The van der Waals surface area contributed by atoms with E-state index in [0.29, 0.717) is 18.7 Å². The minimum atomic E-state index is -1.04. The summed E-state index contributed by atoms with van der Waals surface area (Å²) in [5.41, 5.74) is -0.251. The van der Waals surface area contributed by atoms with Crippen LogP contribution in [0.1, 0.15) is 32.3 Å². The maximum Gasteiger partial charge on any atom is 0.408 e. The number of halogens is 2. The molecule has 0 saturated carbocycles. The molecular formula is C15H20F2N2O2. The van der Waals surface area contributed by atoms with E-state index in [-0.39, 0.29) is 12.0 Å². The second kappa shape index (κ2) is 5.60. The Morgan fingerprint density at radius 3 is 2.52 bits per heavy atom. The van der Waals surface area contributed by atoms with Gasteiger partial charge in [-0.05, 0) is 32.4 Å². The van der Waals surface area contributed by atoms with E-state index in [4.69, 9.17) is 0 Å². The van der Waals surface area contributed by atoms with Gasteiger partial charge in [-0.15, -0.1) is 0 Å². The smallest absolute Gasteiger partial charge is 0.408 e. The Bertz CT molecular complexity index is 543. The maximum atomic E-state index is 14.0. The highest BCUT2D eigenvalue weighted by atomic mass is 19.1. The van der Waals surface area contributed by atoms with Gasteiger partial charge in [0, 0.05) is 30.6 Å². The van der Waals surface area contributed by atoms with Gasteiger partial charge in [-0.1, -0.05) is 6.07 Å². The first kappa shape index (κ1) is 15.7. The molecule has 21 heavy (non-hydrogen) atoms. The summed E-state index contributed by atoms with van der Waals surface area (Å²) in [6.45, 7) is 6.32. The van der Waals surface area contributed by atoms with Crippen molar-refractivity contribution in [1.29, 1.82) is 0 Å². The summed E-state index contributed by atoms with van der Waals surface area (Å²) >= 11 is 0. The number of hydrogen-bond acceptors (Lipinski definition) is 2. The number of nitrogens with zero attached hydrogens (tertiary/aromatic N) is 1. The summed E-state index contributed by atoms with van der Waals surface area (Å²) < 4.78 is 27.1. The maximum absolute atomic E-state index is 14.0. The number of benzene rings is 1. The van der Waals surface area contributed by atoms with Crippen LogP contribution in [0.15, 0.2) is 18.2 Å². The largest absolute Gasteiger partial charge is 0.465 e. The van der Waals surface area contributed by atoms with Crippen molar-refractivity contribution in [3.63, 3.8) is 0 Å². The van der Waals surface area contributed by atoms with Crippen LogP contribution in [0.5, 0.6) is 0 Å². The zero-order valence-corrected chi connectivity index (χ0v) is 12.4. The van der Waals surface area contributed by atoms with Crippen LogP contribution in [0, 0.1) is 11.6 Å².